The lowest BCUT2D eigenvalue weighted by Crippen LogP contribution is -2.34. The number of aliphatic hydroxyl groups is 2. The van der Waals surface area contributed by atoms with E-state index in [9.17, 15) is 20.1 Å². The van der Waals surface area contributed by atoms with Crippen LogP contribution in [0, 0.1) is 0 Å². The van der Waals surface area contributed by atoms with Crippen molar-refractivity contribution in [3.05, 3.63) is 28.8 Å². The molecule has 0 aliphatic carbocycles. The first-order valence-corrected chi connectivity index (χ1v) is 8.23. The van der Waals surface area contributed by atoms with E-state index in [-0.39, 0.29) is 29.0 Å². The molecular formula is C19H31NO4. The van der Waals surface area contributed by atoms with Gasteiger partial charge in [0.05, 0.1) is 0 Å². The van der Waals surface area contributed by atoms with Crippen molar-refractivity contribution in [3.8, 4) is 5.75 Å². The normalized spacial score (nSPS) is 15.0. The van der Waals surface area contributed by atoms with Crippen molar-refractivity contribution in [1.82, 2.24) is 5.32 Å². The molecule has 1 aromatic rings. The Balaban J connectivity index is 3.35. The maximum absolute atomic E-state index is 11.0. The van der Waals surface area contributed by atoms with Crippen molar-refractivity contribution in [2.75, 3.05) is 6.54 Å². The summed E-state index contributed by atoms with van der Waals surface area (Å²) in [6.45, 7) is 13.2. The van der Waals surface area contributed by atoms with Crippen LogP contribution in [0.2, 0.25) is 0 Å². The van der Waals surface area contributed by atoms with Gasteiger partial charge in [0.1, 0.15) is 18.0 Å². The number of carbonyl (C=O) groups excluding carboxylic acids is 1. The van der Waals surface area contributed by atoms with Gasteiger partial charge in [0.2, 0.25) is 5.91 Å². The van der Waals surface area contributed by atoms with Gasteiger partial charge in [0.25, 0.3) is 0 Å². The number of aliphatic hydroxyl groups excluding tert-OH is 2. The molecule has 0 fully saturated rings. The number of amides is 1. The van der Waals surface area contributed by atoms with Crippen LogP contribution < -0.4 is 5.32 Å². The number of phenolic OH excluding ortho intramolecular Hbond substituents is 1. The number of aromatic hydroxyl groups is 1. The van der Waals surface area contributed by atoms with Crippen molar-refractivity contribution in [1.29, 1.82) is 0 Å². The van der Waals surface area contributed by atoms with Gasteiger partial charge in [-0.15, -0.1) is 0 Å². The van der Waals surface area contributed by atoms with Crippen LogP contribution in [-0.4, -0.2) is 33.9 Å². The van der Waals surface area contributed by atoms with Crippen LogP contribution in [0.1, 0.15) is 71.3 Å². The Labute approximate surface area is 144 Å². The van der Waals surface area contributed by atoms with Crippen molar-refractivity contribution < 1.29 is 20.1 Å². The molecule has 1 rings (SSSR count). The van der Waals surface area contributed by atoms with E-state index in [0.29, 0.717) is 5.56 Å². The van der Waals surface area contributed by atoms with Crippen LogP contribution in [0.25, 0.3) is 0 Å². The Morgan fingerprint density at radius 2 is 1.46 bits per heavy atom. The van der Waals surface area contributed by atoms with E-state index in [1.165, 1.54) is 6.92 Å². The highest BCUT2D eigenvalue weighted by molar-refractivity contribution is 5.72. The van der Waals surface area contributed by atoms with Gasteiger partial charge in [-0.25, -0.2) is 0 Å². The molecule has 0 bridgehead atoms. The molecule has 2 unspecified atom stereocenters. The quantitative estimate of drug-likeness (QED) is 0.679. The standard InChI is InChI=1S/C19H31NO4/c1-11(21)20-10-15(22)16(23)12-8-13(18(2,3)4)17(24)14(9-12)19(5,6)7/h8-9,15-16,22-24H,10H2,1-7H3,(H,20,21). The van der Waals surface area contributed by atoms with Gasteiger partial charge in [-0.05, 0) is 39.7 Å². The third-order valence-electron chi connectivity index (χ3n) is 4.01. The lowest BCUT2D eigenvalue weighted by Gasteiger charge is -2.30. The topological polar surface area (TPSA) is 89.8 Å². The van der Waals surface area contributed by atoms with Crippen LogP contribution in [0.15, 0.2) is 12.1 Å². The molecule has 0 radical (unpaired) electrons. The van der Waals surface area contributed by atoms with E-state index in [1.54, 1.807) is 12.1 Å². The summed E-state index contributed by atoms with van der Waals surface area (Å²) >= 11 is 0. The molecule has 0 aliphatic heterocycles. The third kappa shape index (κ3) is 4.95. The number of rotatable bonds is 4. The fourth-order valence-corrected chi connectivity index (χ4v) is 2.55. The Morgan fingerprint density at radius 1 is 1.04 bits per heavy atom. The largest absolute Gasteiger partial charge is 0.507 e. The zero-order valence-corrected chi connectivity index (χ0v) is 15.8. The summed E-state index contributed by atoms with van der Waals surface area (Å²) in [5, 5.41) is 33.8. The molecule has 4 N–H and O–H groups in total. The molecule has 136 valence electrons. The smallest absolute Gasteiger partial charge is 0.216 e. The van der Waals surface area contributed by atoms with Gasteiger partial charge < -0.3 is 20.6 Å². The molecule has 0 saturated heterocycles. The van der Waals surface area contributed by atoms with E-state index in [1.807, 2.05) is 41.5 Å². The van der Waals surface area contributed by atoms with E-state index in [0.717, 1.165) is 11.1 Å². The maximum Gasteiger partial charge on any atom is 0.216 e. The molecule has 0 aromatic heterocycles. The fraction of sp³-hybridized carbons (Fsp3) is 0.632. The second kappa shape index (κ2) is 7.11. The molecule has 1 aromatic carbocycles. The Morgan fingerprint density at radius 3 is 1.79 bits per heavy atom. The summed E-state index contributed by atoms with van der Waals surface area (Å²) in [4.78, 5) is 11.0. The molecule has 5 heteroatoms. The predicted octanol–water partition coefficient (Wildman–Crippen LogP) is 2.52. The Bertz CT molecular complexity index is 561. The van der Waals surface area contributed by atoms with Crippen molar-refractivity contribution in [2.24, 2.45) is 0 Å². The number of hydrogen-bond acceptors (Lipinski definition) is 4. The summed E-state index contributed by atoms with van der Waals surface area (Å²) < 4.78 is 0. The van der Waals surface area contributed by atoms with Crippen molar-refractivity contribution >= 4 is 5.91 Å². The summed E-state index contributed by atoms with van der Waals surface area (Å²) in [6, 6.07) is 3.46. The maximum atomic E-state index is 11.0. The molecular weight excluding hydrogens is 306 g/mol. The Hall–Kier alpha value is -1.59. The van der Waals surface area contributed by atoms with Crippen LogP contribution in [-0.2, 0) is 15.6 Å². The fourth-order valence-electron chi connectivity index (χ4n) is 2.55. The van der Waals surface area contributed by atoms with E-state index < -0.39 is 12.2 Å². The number of nitrogens with one attached hydrogen (secondary N) is 1. The highest BCUT2D eigenvalue weighted by atomic mass is 16.3. The summed E-state index contributed by atoms with van der Waals surface area (Å²) in [5.41, 5.74) is 1.33. The zero-order chi connectivity index (χ0) is 18.9. The third-order valence-corrected chi connectivity index (χ3v) is 4.01. The van der Waals surface area contributed by atoms with Crippen molar-refractivity contribution in [3.63, 3.8) is 0 Å². The molecule has 0 spiro atoms. The first-order valence-electron chi connectivity index (χ1n) is 8.23. The van der Waals surface area contributed by atoms with Gasteiger partial charge in [-0.2, -0.15) is 0 Å². The van der Waals surface area contributed by atoms with Crippen LogP contribution in [0.4, 0.5) is 0 Å². The van der Waals surface area contributed by atoms with Gasteiger partial charge in [-0.1, -0.05) is 41.5 Å². The highest BCUT2D eigenvalue weighted by Gasteiger charge is 2.29. The molecule has 1 amide bonds. The van der Waals surface area contributed by atoms with E-state index in [4.69, 9.17) is 0 Å². The summed E-state index contributed by atoms with van der Waals surface area (Å²) in [5.74, 6) is -0.0417. The first kappa shape index (κ1) is 20.5. The number of phenols is 1. The van der Waals surface area contributed by atoms with Gasteiger partial charge in [0, 0.05) is 13.5 Å². The van der Waals surface area contributed by atoms with Gasteiger partial charge in [-0.3, -0.25) is 4.79 Å². The minimum absolute atomic E-state index is 0.0346. The first-order chi connectivity index (χ1) is 10.7. The average Bonchev–Trinajstić information content (AvgIpc) is 2.41. The van der Waals surface area contributed by atoms with Crippen LogP contribution >= 0.6 is 0 Å². The molecule has 24 heavy (non-hydrogen) atoms. The number of benzene rings is 1. The molecule has 5 nitrogen and oxygen atoms in total. The van der Waals surface area contributed by atoms with Crippen molar-refractivity contribution in [2.45, 2.75) is 71.5 Å². The second-order valence-electron chi connectivity index (χ2n) is 8.41. The summed E-state index contributed by atoms with van der Waals surface area (Å²) in [7, 11) is 0. The number of carbonyl (C=O) groups is 1. The average molecular weight is 337 g/mol. The molecule has 0 aliphatic rings. The predicted molar refractivity (Wildman–Crippen MR) is 95.2 cm³/mol. The molecule has 0 saturated carbocycles. The molecule has 2 atom stereocenters. The zero-order valence-electron chi connectivity index (χ0n) is 15.8. The van der Waals surface area contributed by atoms with Gasteiger partial charge >= 0.3 is 0 Å². The monoisotopic (exact) mass is 337 g/mol. The molecule has 0 heterocycles. The van der Waals surface area contributed by atoms with Crippen LogP contribution in [0.3, 0.4) is 0 Å². The SMILES string of the molecule is CC(=O)NCC(O)C(O)c1cc(C(C)(C)C)c(O)c(C(C)(C)C)c1. The lowest BCUT2D eigenvalue weighted by atomic mass is 9.77. The lowest BCUT2D eigenvalue weighted by molar-refractivity contribution is -0.119. The minimum Gasteiger partial charge on any atom is -0.507 e. The van der Waals surface area contributed by atoms with E-state index >= 15 is 0 Å². The second-order valence-corrected chi connectivity index (χ2v) is 8.41. The Kier molecular flexibility index (Phi) is 6.06. The van der Waals surface area contributed by atoms with E-state index in [2.05, 4.69) is 5.32 Å². The number of hydrogen-bond donors (Lipinski definition) is 4. The van der Waals surface area contributed by atoms with Gasteiger partial charge in [0.15, 0.2) is 0 Å². The highest BCUT2D eigenvalue weighted by Crippen LogP contribution is 2.41. The summed E-state index contributed by atoms with van der Waals surface area (Å²) in [6.07, 6.45) is -2.28. The minimum atomic E-state index is -1.15. The van der Waals surface area contributed by atoms with Crippen LogP contribution in [0.5, 0.6) is 5.75 Å².